The van der Waals surface area contributed by atoms with E-state index >= 15 is 0 Å². The monoisotopic (exact) mass is 277 g/mol. The van der Waals surface area contributed by atoms with Gasteiger partial charge >= 0.3 is 0 Å². The van der Waals surface area contributed by atoms with E-state index in [1.54, 1.807) is 12.3 Å². The van der Waals surface area contributed by atoms with Crippen molar-refractivity contribution in [1.82, 2.24) is 4.57 Å². The molecule has 0 amide bonds. The van der Waals surface area contributed by atoms with Crippen molar-refractivity contribution in [2.75, 3.05) is 0 Å². The highest BCUT2D eigenvalue weighted by Gasteiger charge is 2.26. The predicted molar refractivity (Wildman–Crippen MR) is 73.7 cm³/mol. The van der Waals surface area contributed by atoms with Crippen LogP contribution in [-0.4, -0.2) is 10.4 Å². The van der Waals surface area contributed by atoms with Crippen LogP contribution in [0.3, 0.4) is 0 Å². The zero-order valence-corrected chi connectivity index (χ0v) is 11.2. The number of aromatic nitrogens is 1. The minimum atomic E-state index is -0.545. The fourth-order valence-corrected chi connectivity index (χ4v) is 2.45. The zero-order valence-electron chi connectivity index (χ0n) is 10.3. The molecule has 0 N–H and O–H groups in total. The zero-order chi connectivity index (χ0) is 13.7. The van der Waals surface area contributed by atoms with Crippen molar-refractivity contribution in [3.63, 3.8) is 0 Å². The van der Waals surface area contributed by atoms with Gasteiger partial charge in [0.25, 0.3) is 0 Å². The molecular weight excluding hydrogens is 265 g/mol. The number of nitrogens with zero attached hydrogens (tertiary/aromatic N) is 1. The number of ketones is 1. The molecule has 0 saturated heterocycles. The van der Waals surface area contributed by atoms with Gasteiger partial charge in [-0.15, -0.1) is 12.6 Å². The van der Waals surface area contributed by atoms with E-state index in [1.807, 2.05) is 4.57 Å². The number of pyridine rings is 1. The Morgan fingerprint density at radius 3 is 2.68 bits per heavy atom. The molecule has 1 aliphatic carbocycles. The van der Waals surface area contributed by atoms with Crippen LogP contribution >= 0.6 is 12.6 Å². The minimum absolute atomic E-state index is 0.116. The first-order valence-corrected chi connectivity index (χ1v) is 6.52. The normalized spacial score (nSPS) is 14.9. The first-order valence-electron chi connectivity index (χ1n) is 6.07. The maximum Gasteiger partial charge on any atom is 0.200 e. The Labute approximate surface area is 114 Å². The van der Waals surface area contributed by atoms with Gasteiger partial charge < -0.3 is 4.57 Å². The maximum absolute atomic E-state index is 13.6. The third-order valence-corrected chi connectivity index (χ3v) is 3.76. The molecule has 1 aromatic carbocycles. The van der Waals surface area contributed by atoms with E-state index in [-0.39, 0.29) is 21.6 Å². The lowest BCUT2D eigenvalue weighted by Crippen LogP contribution is -2.17. The van der Waals surface area contributed by atoms with Gasteiger partial charge in [-0.2, -0.15) is 0 Å². The van der Waals surface area contributed by atoms with E-state index in [2.05, 4.69) is 12.6 Å². The lowest BCUT2D eigenvalue weighted by Gasteiger charge is -2.12. The van der Waals surface area contributed by atoms with Crippen molar-refractivity contribution in [3.05, 3.63) is 39.9 Å². The van der Waals surface area contributed by atoms with Gasteiger partial charge in [0.1, 0.15) is 5.82 Å². The summed E-state index contributed by atoms with van der Waals surface area (Å²) in [7, 11) is 0. The Morgan fingerprint density at radius 1 is 1.42 bits per heavy atom. The number of rotatable bonds is 2. The highest BCUT2D eigenvalue weighted by atomic mass is 32.1. The Bertz CT molecular complexity index is 762. The predicted octanol–water partition coefficient (Wildman–Crippen LogP) is 2.97. The Kier molecular flexibility index (Phi) is 2.74. The summed E-state index contributed by atoms with van der Waals surface area (Å²) >= 11 is 4.05. The molecule has 19 heavy (non-hydrogen) atoms. The number of hydrogen-bond acceptors (Lipinski definition) is 3. The Hall–Kier alpha value is -1.62. The quantitative estimate of drug-likeness (QED) is 0.677. The van der Waals surface area contributed by atoms with E-state index in [0.717, 1.165) is 12.8 Å². The second-order valence-corrected chi connectivity index (χ2v) is 5.37. The lowest BCUT2D eigenvalue weighted by molar-refractivity contribution is 0.101. The van der Waals surface area contributed by atoms with E-state index in [9.17, 15) is 14.0 Å². The molecule has 0 bridgehead atoms. The topological polar surface area (TPSA) is 39.1 Å². The van der Waals surface area contributed by atoms with Gasteiger partial charge in [-0.25, -0.2) is 4.39 Å². The molecule has 0 spiro atoms. The fraction of sp³-hybridized carbons (Fsp3) is 0.286. The van der Waals surface area contributed by atoms with Gasteiger partial charge in [-0.3, -0.25) is 9.59 Å². The molecule has 1 saturated carbocycles. The third kappa shape index (κ3) is 1.98. The van der Waals surface area contributed by atoms with Crippen LogP contribution < -0.4 is 5.43 Å². The molecule has 1 aromatic heterocycles. The summed E-state index contributed by atoms with van der Waals surface area (Å²) in [5.41, 5.74) is 0.348. The van der Waals surface area contributed by atoms with Gasteiger partial charge in [0, 0.05) is 22.5 Å². The van der Waals surface area contributed by atoms with E-state index in [1.165, 1.54) is 13.0 Å². The van der Waals surface area contributed by atoms with Gasteiger partial charge in [0.2, 0.25) is 0 Å². The molecule has 0 aliphatic heterocycles. The molecule has 5 heteroatoms. The number of carbonyl (C=O) groups is 1. The van der Waals surface area contributed by atoms with Crippen LogP contribution in [0.2, 0.25) is 0 Å². The van der Waals surface area contributed by atoms with Gasteiger partial charge in [-0.1, -0.05) is 0 Å². The van der Waals surface area contributed by atoms with Crippen LogP contribution in [-0.2, 0) is 0 Å². The van der Waals surface area contributed by atoms with Crippen LogP contribution in [0.1, 0.15) is 36.2 Å². The first-order chi connectivity index (χ1) is 8.99. The molecule has 3 rings (SSSR count). The van der Waals surface area contributed by atoms with Gasteiger partial charge in [0.15, 0.2) is 11.2 Å². The summed E-state index contributed by atoms with van der Waals surface area (Å²) in [5, 5.41) is 0.245. The highest BCUT2D eigenvalue weighted by Crippen LogP contribution is 2.37. The fourth-order valence-electron chi connectivity index (χ4n) is 2.26. The van der Waals surface area contributed by atoms with Crippen molar-refractivity contribution in [3.8, 4) is 0 Å². The van der Waals surface area contributed by atoms with E-state index in [0.29, 0.717) is 11.6 Å². The van der Waals surface area contributed by atoms with Crippen molar-refractivity contribution in [2.45, 2.75) is 30.7 Å². The van der Waals surface area contributed by atoms with Crippen molar-refractivity contribution in [1.29, 1.82) is 0 Å². The summed E-state index contributed by atoms with van der Waals surface area (Å²) in [5.74, 6) is -0.840. The second-order valence-electron chi connectivity index (χ2n) is 4.89. The number of Topliss-reactive ketones (excluding diaryl/α,β-unsaturated/α-hetero) is 1. The molecule has 0 radical (unpaired) electrons. The molecule has 3 nitrogen and oxygen atoms in total. The summed E-state index contributed by atoms with van der Waals surface area (Å²) in [6.45, 7) is 1.35. The third-order valence-electron chi connectivity index (χ3n) is 3.42. The van der Waals surface area contributed by atoms with E-state index in [4.69, 9.17) is 0 Å². The molecule has 2 aromatic rings. The lowest BCUT2D eigenvalue weighted by atomic mass is 10.1. The van der Waals surface area contributed by atoms with Gasteiger partial charge in [-0.05, 0) is 31.9 Å². The Morgan fingerprint density at radius 2 is 2.11 bits per heavy atom. The largest absolute Gasteiger partial charge is 0.343 e. The highest BCUT2D eigenvalue weighted by molar-refractivity contribution is 7.80. The van der Waals surface area contributed by atoms with Crippen LogP contribution in [0.15, 0.2) is 28.0 Å². The van der Waals surface area contributed by atoms with Crippen LogP contribution in [0.5, 0.6) is 0 Å². The summed E-state index contributed by atoms with van der Waals surface area (Å²) in [6.07, 6.45) is 3.61. The molecular formula is C14H12FNO2S. The van der Waals surface area contributed by atoms with Crippen molar-refractivity contribution in [2.24, 2.45) is 0 Å². The Balaban J connectivity index is 2.45. The molecule has 0 unspecified atom stereocenters. The van der Waals surface area contributed by atoms with Gasteiger partial charge in [0.05, 0.1) is 11.1 Å². The number of thiol groups is 1. The molecule has 98 valence electrons. The van der Waals surface area contributed by atoms with Crippen molar-refractivity contribution >= 4 is 29.3 Å². The average Bonchev–Trinajstić information content (AvgIpc) is 3.16. The second kappa shape index (κ2) is 4.20. The average molecular weight is 277 g/mol. The van der Waals surface area contributed by atoms with Crippen LogP contribution in [0.25, 0.3) is 10.9 Å². The van der Waals surface area contributed by atoms with Crippen LogP contribution in [0, 0.1) is 5.82 Å². The number of carbonyl (C=O) groups excluding carboxylic acids is 1. The van der Waals surface area contributed by atoms with E-state index < -0.39 is 11.2 Å². The summed E-state index contributed by atoms with van der Waals surface area (Å²) < 4.78 is 15.5. The number of fused-ring (bicyclic) bond motifs is 1. The molecule has 1 heterocycles. The standard InChI is InChI=1S/C14H12FNO2S/c1-7(17)10-6-16(8-2-3-8)12-5-13(19)11(15)4-9(12)14(10)18/h4-6,8,19H,2-3H2,1H3. The molecule has 1 aliphatic rings. The smallest absolute Gasteiger partial charge is 0.200 e. The minimum Gasteiger partial charge on any atom is -0.343 e. The number of hydrogen-bond donors (Lipinski definition) is 1. The SMILES string of the molecule is CC(=O)c1cn(C2CC2)c2cc(S)c(F)cc2c1=O. The van der Waals surface area contributed by atoms with Crippen molar-refractivity contribution < 1.29 is 9.18 Å². The van der Waals surface area contributed by atoms with Crippen LogP contribution in [0.4, 0.5) is 4.39 Å². The molecule has 1 fully saturated rings. The number of benzene rings is 1. The molecule has 0 atom stereocenters. The first kappa shape index (κ1) is 12.4. The summed E-state index contributed by atoms with van der Waals surface area (Å²) in [4.78, 5) is 23.9. The number of halogens is 1. The summed E-state index contributed by atoms with van der Waals surface area (Å²) in [6, 6.07) is 3.02. The maximum atomic E-state index is 13.6.